The van der Waals surface area contributed by atoms with Crippen LogP contribution in [0.3, 0.4) is 0 Å². The number of nitrogens with zero attached hydrogens (tertiary/aromatic N) is 1. The van der Waals surface area contributed by atoms with Crippen molar-refractivity contribution >= 4 is 40.2 Å². The summed E-state index contributed by atoms with van der Waals surface area (Å²) in [5, 5.41) is 12.0. The Balaban J connectivity index is 2.22. The molecule has 7 heteroatoms. The van der Waals surface area contributed by atoms with Crippen LogP contribution in [0.5, 0.6) is 0 Å². The highest BCUT2D eigenvalue weighted by Crippen LogP contribution is 2.25. The van der Waals surface area contributed by atoms with Crippen molar-refractivity contribution in [3.63, 3.8) is 0 Å². The monoisotopic (exact) mass is 322 g/mol. The van der Waals surface area contributed by atoms with Crippen LogP contribution in [0, 0.1) is 6.92 Å². The summed E-state index contributed by atoms with van der Waals surface area (Å²) in [6.07, 6.45) is 1.99. The maximum absolute atomic E-state index is 12.2. The molecule has 0 aliphatic carbocycles. The molecule has 110 valence electrons. The molecule has 21 heavy (non-hydrogen) atoms. The molecule has 0 aliphatic rings. The van der Waals surface area contributed by atoms with Crippen molar-refractivity contribution in [1.82, 2.24) is 4.37 Å². The molecule has 0 unspecified atom stereocenters. The van der Waals surface area contributed by atoms with Crippen LogP contribution in [0.4, 0.5) is 5.00 Å². The average molecular weight is 322 g/mol. The Kier molecular flexibility index (Phi) is 4.98. The van der Waals surface area contributed by atoms with Crippen LogP contribution < -0.4 is 5.32 Å². The van der Waals surface area contributed by atoms with Crippen LogP contribution in [-0.2, 0) is 5.75 Å². The number of aromatic nitrogens is 1. The van der Waals surface area contributed by atoms with Crippen molar-refractivity contribution in [1.29, 1.82) is 0 Å². The number of carboxylic acid groups (broad SMARTS) is 1. The molecule has 0 spiro atoms. The summed E-state index contributed by atoms with van der Waals surface area (Å²) in [6, 6.07) is 7.27. The Morgan fingerprint density at radius 1 is 1.43 bits per heavy atom. The van der Waals surface area contributed by atoms with E-state index in [-0.39, 0.29) is 16.5 Å². The van der Waals surface area contributed by atoms with Gasteiger partial charge in [0.15, 0.2) is 0 Å². The molecule has 1 amide bonds. The second-order valence-corrected chi connectivity index (χ2v) is 6.00. The molecule has 5 nitrogen and oxygen atoms in total. The number of anilines is 1. The lowest BCUT2D eigenvalue weighted by molar-refractivity contribution is 0.0697. The minimum absolute atomic E-state index is 0.0496. The van der Waals surface area contributed by atoms with Gasteiger partial charge in [0, 0.05) is 11.3 Å². The van der Waals surface area contributed by atoms with Gasteiger partial charge >= 0.3 is 5.97 Å². The lowest BCUT2D eigenvalue weighted by Crippen LogP contribution is -2.13. The molecule has 0 fully saturated rings. The number of hydrogen-bond acceptors (Lipinski definition) is 5. The number of benzene rings is 1. The van der Waals surface area contributed by atoms with Crippen LogP contribution in [0.25, 0.3) is 0 Å². The summed E-state index contributed by atoms with van der Waals surface area (Å²) >= 11 is 2.65. The second kappa shape index (κ2) is 6.73. The van der Waals surface area contributed by atoms with E-state index in [1.165, 1.54) is 0 Å². The van der Waals surface area contributed by atoms with Gasteiger partial charge in [-0.05, 0) is 42.4 Å². The molecule has 1 aromatic carbocycles. The number of carbonyl (C=O) groups excluding carboxylic acids is 1. The number of aromatic carboxylic acids is 1. The molecule has 2 rings (SSSR count). The zero-order valence-corrected chi connectivity index (χ0v) is 13.2. The zero-order valence-electron chi connectivity index (χ0n) is 11.5. The van der Waals surface area contributed by atoms with Gasteiger partial charge < -0.3 is 10.4 Å². The second-order valence-electron chi connectivity index (χ2n) is 4.36. The van der Waals surface area contributed by atoms with E-state index < -0.39 is 5.97 Å². The first-order valence-electron chi connectivity index (χ1n) is 6.11. The number of aryl methyl sites for hydroxylation is 1. The lowest BCUT2D eigenvalue weighted by Gasteiger charge is -2.05. The third-order valence-electron chi connectivity index (χ3n) is 2.80. The van der Waals surface area contributed by atoms with E-state index in [0.29, 0.717) is 11.3 Å². The van der Waals surface area contributed by atoms with Crippen LogP contribution in [0.2, 0.25) is 0 Å². The Morgan fingerprint density at radius 3 is 2.86 bits per heavy atom. The maximum Gasteiger partial charge on any atom is 0.340 e. The predicted octanol–water partition coefficient (Wildman–Crippen LogP) is 3.27. The number of carbonyl (C=O) groups is 2. The number of thioether (sulfide) groups is 1. The SMILES string of the molecule is CSCc1cccc(C(=O)Nc2snc(C)c2C(=O)O)c1. The highest BCUT2D eigenvalue weighted by atomic mass is 32.2. The first-order chi connectivity index (χ1) is 10.0. The Labute approximate surface area is 130 Å². The van der Waals surface area contributed by atoms with Crippen molar-refractivity contribution in [2.45, 2.75) is 12.7 Å². The van der Waals surface area contributed by atoms with Crippen molar-refractivity contribution in [2.75, 3.05) is 11.6 Å². The van der Waals surface area contributed by atoms with E-state index in [4.69, 9.17) is 5.11 Å². The fraction of sp³-hybridized carbons (Fsp3) is 0.214. The molecule has 2 aromatic rings. The lowest BCUT2D eigenvalue weighted by atomic mass is 10.1. The Morgan fingerprint density at radius 2 is 2.19 bits per heavy atom. The molecule has 0 radical (unpaired) electrons. The number of rotatable bonds is 5. The summed E-state index contributed by atoms with van der Waals surface area (Å²) < 4.78 is 3.97. The van der Waals surface area contributed by atoms with Crippen molar-refractivity contribution < 1.29 is 14.7 Å². The largest absolute Gasteiger partial charge is 0.478 e. The van der Waals surface area contributed by atoms with Crippen LogP contribution in [0.1, 0.15) is 32.0 Å². The van der Waals surface area contributed by atoms with Gasteiger partial charge in [0.05, 0.1) is 5.69 Å². The molecule has 0 bridgehead atoms. The number of nitrogens with one attached hydrogen (secondary N) is 1. The number of amides is 1. The zero-order chi connectivity index (χ0) is 15.4. The number of carboxylic acids is 1. The summed E-state index contributed by atoms with van der Waals surface area (Å²) in [5.74, 6) is -0.599. The molecule has 0 atom stereocenters. The molecule has 1 heterocycles. The molecule has 2 N–H and O–H groups in total. The summed E-state index contributed by atoms with van der Waals surface area (Å²) in [6.45, 7) is 1.61. The van der Waals surface area contributed by atoms with E-state index >= 15 is 0 Å². The molecular weight excluding hydrogens is 308 g/mol. The van der Waals surface area contributed by atoms with Crippen LogP contribution in [-0.4, -0.2) is 27.6 Å². The third kappa shape index (κ3) is 3.62. The van der Waals surface area contributed by atoms with Gasteiger partial charge in [-0.25, -0.2) is 4.79 Å². The smallest absolute Gasteiger partial charge is 0.340 e. The first kappa shape index (κ1) is 15.5. The topological polar surface area (TPSA) is 79.3 Å². The average Bonchev–Trinajstić information content (AvgIpc) is 2.80. The van der Waals surface area contributed by atoms with Crippen LogP contribution in [0.15, 0.2) is 24.3 Å². The Bertz CT molecular complexity index is 683. The van der Waals surface area contributed by atoms with Gasteiger partial charge in [-0.3, -0.25) is 4.79 Å². The first-order valence-corrected chi connectivity index (χ1v) is 8.28. The van der Waals surface area contributed by atoms with E-state index in [1.807, 2.05) is 18.4 Å². The quantitative estimate of drug-likeness (QED) is 0.883. The normalized spacial score (nSPS) is 10.4. The van der Waals surface area contributed by atoms with Gasteiger partial charge in [0.25, 0.3) is 5.91 Å². The molecular formula is C14H14N2O3S2. The predicted molar refractivity (Wildman–Crippen MR) is 85.4 cm³/mol. The van der Waals surface area contributed by atoms with E-state index in [1.54, 1.807) is 30.8 Å². The number of hydrogen-bond donors (Lipinski definition) is 2. The molecule has 0 aliphatic heterocycles. The minimum Gasteiger partial charge on any atom is -0.478 e. The van der Waals surface area contributed by atoms with Gasteiger partial charge in [-0.2, -0.15) is 16.1 Å². The van der Waals surface area contributed by atoms with Crippen LogP contribution >= 0.6 is 23.3 Å². The summed E-state index contributed by atoms with van der Waals surface area (Å²) in [4.78, 5) is 23.4. The van der Waals surface area contributed by atoms with Crippen molar-refractivity contribution in [2.24, 2.45) is 0 Å². The van der Waals surface area contributed by atoms with E-state index in [2.05, 4.69) is 9.69 Å². The summed E-state index contributed by atoms with van der Waals surface area (Å²) in [7, 11) is 0. The highest BCUT2D eigenvalue weighted by Gasteiger charge is 2.19. The molecule has 0 saturated carbocycles. The Hall–Kier alpha value is -1.86. The highest BCUT2D eigenvalue weighted by molar-refractivity contribution is 7.97. The van der Waals surface area contributed by atoms with Gasteiger partial charge in [-0.1, -0.05) is 12.1 Å². The fourth-order valence-corrected chi connectivity index (χ4v) is 3.15. The van der Waals surface area contributed by atoms with Gasteiger partial charge in [0.1, 0.15) is 10.6 Å². The van der Waals surface area contributed by atoms with E-state index in [0.717, 1.165) is 22.8 Å². The van der Waals surface area contributed by atoms with Crippen molar-refractivity contribution in [3.05, 3.63) is 46.6 Å². The molecule has 1 aromatic heterocycles. The standard InChI is InChI=1S/C14H14N2O3S2/c1-8-11(14(18)19)13(21-16-8)15-12(17)10-5-3-4-9(6-10)7-20-2/h3-6H,7H2,1-2H3,(H,15,17)(H,18,19). The summed E-state index contributed by atoms with van der Waals surface area (Å²) in [5.41, 5.74) is 2.01. The van der Waals surface area contributed by atoms with Crippen molar-refractivity contribution in [3.8, 4) is 0 Å². The fourth-order valence-electron chi connectivity index (χ4n) is 1.85. The van der Waals surface area contributed by atoms with E-state index in [9.17, 15) is 9.59 Å². The maximum atomic E-state index is 12.2. The van der Waals surface area contributed by atoms with Gasteiger partial charge in [0.2, 0.25) is 0 Å². The van der Waals surface area contributed by atoms with Gasteiger partial charge in [-0.15, -0.1) is 0 Å². The third-order valence-corrected chi connectivity index (χ3v) is 4.28. The molecule has 0 saturated heterocycles. The minimum atomic E-state index is -1.09.